The second-order valence-corrected chi connectivity index (χ2v) is 3.49. The Morgan fingerprint density at radius 1 is 1.42 bits per heavy atom. The van der Waals surface area contributed by atoms with E-state index in [-0.39, 0.29) is 0 Å². The zero-order valence-corrected chi connectivity index (χ0v) is 9.41. The molecule has 0 aliphatic carbocycles. The maximum absolute atomic E-state index is 11.9. The molecule has 0 bridgehead atoms. The first kappa shape index (κ1) is 13.0. The number of alkyl halides is 3. The van der Waals surface area contributed by atoms with Crippen LogP contribution in [-0.4, -0.2) is 23.6 Å². The van der Waals surface area contributed by atoms with E-state index in [0.29, 0.717) is 16.7 Å². The monoisotopic (exact) mass is 268 g/mol. The maximum Gasteiger partial charge on any atom is 0.471 e. The van der Waals surface area contributed by atoms with Gasteiger partial charge in [-0.3, -0.25) is 4.79 Å². The first-order valence-corrected chi connectivity index (χ1v) is 5.14. The van der Waals surface area contributed by atoms with Gasteiger partial charge in [-0.15, -0.1) is 0 Å². The van der Waals surface area contributed by atoms with Crippen molar-refractivity contribution in [2.75, 3.05) is 6.54 Å². The van der Waals surface area contributed by atoms with Crippen LogP contribution < -0.4 is 5.32 Å². The van der Waals surface area contributed by atoms with Gasteiger partial charge in [-0.25, -0.2) is 4.98 Å². The van der Waals surface area contributed by atoms with Gasteiger partial charge in [-0.1, -0.05) is 17.9 Å². The number of para-hydroxylation sites is 1. The average molecular weight is 268 g/mol. The lowest BCUT2D eigenvalue weighted by Gasteiger charge is -2.03. The van der Waals surface area contributed by atoms with Gasteiger partial charge in [0.15, 0.2) is 12.0 Å². The zero-order valence-electron chi connectivity index (χ0n) is 9.41. The van der Waals surface area contributed by atoms with E-state index in [1.807, 2.05) is 0 Å². The van der Waals surface area contributed by atoms with Gasteiger partial charge in [-0.05, 0) is 12.1 Å². The molecule has 0 spiro atoms. The summed E-state index contributed by atoms with van der Waals surface area (Å²) in [5.41, 5.74) is 1.58. The fourth-order valence-electron chi connectivity index (χ4n) is 1.35. The third kappa shape index (κ3) is 3.04. The fourth-order valence-corrected chi connectivity index (χ4v) is 1.35. The van der Waals surface area contributed by atoms with Crippen molar-refractivity contribution in [1.82, 2.24) is 10.3 Å². The van der Waals surface area contributed by atoms with Crippen LogP contribution in [0.2, 0.25) is 0 Å². The molecule has 0 saturated carbocycles. The zero-order chi connectivity index (χ0) is 13.9. The number of aromatic nitrogens is 1. The first-order valence-electron chi connectivity index (χ1n) is 5.14. The number of amides is 1. The molecular weight excluding hydrogens is 261 g/mol. The number of nitrogens with zero attached hydrogens (tertiary/aromatic N) is 1. The smallest absolute Gasteiger partial charge is 0.443 e. The van der Waals surface area contributed by atoms with Crippen molar-refractivity contribution in [2.24, 2.45) is 0 Å². The van der Waals surface area contributed by atoms with Crippen molar-refractivity contribution >= 4 is 17.0 Å². The molecular formula is C12H7F3N2O2. The van der Waals surface area contributed by atoms with Crippen LogP contribution in [0, 0.1) is 11.8 Å². The van der Waals surface area contributed by atoms with Crippen LogP contribution in [0.4, 0.5) is 13.2 Å². The van der Waals surface area contributed by atoms with E-state index in [0.717, 1.165) is 0 Å². The van der Waals surface area contributed by atoms with Crippen LogP contribution in [0.1, 0.15) is 5.56 Å². The summed E-state index contributed by atoms with van der Waals surface area (Å²) in [5, 5.41) is 1.65. The van der Waals surface area contributed by atoms with Crippen molar-refractivity contribution in [1.29, 1.82) is 0 Å². The summed E-state index contributed by atoms with van der Waals surface area (Å²) in [7, 11) is 0. The Bertz CT molecular complexity index is 665. The molecule has 0 unspecified atom stereocenters. The number of nitrogens with one attached hydrogen (secondary N) is 1. The molecule has 2 aromatic rings. The molecule has 4 nitrogen and oxygen atoms in total. The van der Waals surface area contributed by atoms with Crippen molar-refractivity contribution in [3.63, 3.8) is 0 Å². The number of carbonyl (C=O) groups excluding carboxylic acids is 1. The van der Waals surface area contributed by atoms with Gasteiger partial charge in [0, 0.05) is 0 Å². The summed E-state index contributed by atoms with van der Waals surface area (Å²) < 4.78 is 40.7. The normalized spacial score (nSPS) is 10.9. The second kappa shape index (κ2) is 5.02. The summed E-state index contributed by atoms with van der Waals surface area (Å²) >= 11 is 0. The number of fused-ring (bicyclic) bond motifs is 1. The summed E-state index contributed by atoms with van der Waals surface area (Å²) in [5.74, 6) is 3.04. The number of rotatable bonds is 1. The molecule has 0 saturated heterocycles. The van der Waals surface area contributed by atoms with Gasteiger partial charge >= 0.3 is 12.1 Å². The van der Waals surface area contributed by atoms with Gasteiger partial charge in [0.25, 0.3) is 0 Å². The van der Waals surface area contributed by atoms with Crippen molar-refractivity contribution < 1.29 is 22.4 Å². The first-order chi connectivity index (χ1) is 8.98. The third-order valence-corrected chi connectivity index (χ3v) is 2.18. The van der Waals surface area contributed by atoms with E-state index >= 15 is 0 Å². The Morgan fingerprint density at radius 2 is 2.21 bits per heavy atom. The van der Waals surface area contributed by atoms with Gasteiger partial charge in [-0.2, -0.15) is 13.2 Å². The predicted molar refractivity (Wildman–Crippen MR) is 60.0 cm³/mol. The minimum atomic E-state index is -4.90. The van der Waals surface area contributed by atoms with Gasteiger partial charge < -0.3 is 9.73 Å². The van der Waals surface area contributed by atoms with Crippen LogP contribution in [0.25, 0.3) is 11.1 Å². The molecule has 2 rings (SSSR count). The lowest BCUT2D eigenvalue weighted by atomic mass is 10.2. The van der Waals surface area contributed by atoms with Gasteiger partial charge in [0.05, 0.1) is 12.1 Å². The summed E-state index contributed by atoms with van der Waals surface area (Å²) in [6.45, 7) is -0.396. The molecule has 7 heteroatoms. The minimum Gasteiger partial charge on any atom is -0.443 e. The van der Waals surface area contributed by atoms with Crippen LogP contribution >= 0.6 is 0 Å². The predicted octanol–water partition coefficient (Wildman–Crippen LogP) is 1.86. The van der Waals surface area contributed by atoms with E-state index in [2.05, 4.69) is 16.8 Å². The van der Waals surface area contributed by atoms with Crippen LogP contribution in [0.3, 0.4) is 0 Å². The Hall–Kier alpha value is -2.49. The number of halogens is 3. The van der Waals surface area contributed by atoms with Crippen molar-refractivity contribution in [3.05, 3.63) is 30.2 Å². The van der Waals surface area contributed by atoms with Crippen LogP contribution in [0.5, 0.6) is 0 Å². The van der Waals surface area contributed by atoms with E-state index in [1.165, 1.54) is 6.39 Å². The maximum atomic E-state index is 11.9. The SMILES string of the molecule is O=C(NCC#Cc1cccc2ocnc12)C(F)(F)F. The Balaban J connectivity index is 2.05. The number of benzene rings is 1. The molecule has 1 heterocycles. The average Bonchev–Trinajstić information content (AvgIpc) is 2.81. The van der Waals surface area contributed by atoms with Gasteiger partial charge in [0.1, 0.15) is 5.52 Å². The highest BCUT2D eigenvalue weighted by atomic mass is 19.4. The highest BCUT2D eigenvalue weighted by Gasteiger charge is 2.38. The topological polar surface area (TPSA) is 55.1 Å². The molecule has 0 fully saturated rings. The van der Waals surface area contributed by atoms with E-state index in [9.17, 15) is 18.0 Å². The number of hydrogen-bond donors (Lipinski definition) is 1. The van der Waals surface area contributed by atoms with E-state index in [4.69, 9.17) is 4.42 Å². The molecule has 0 atom stereocenters. The van der Waals surface area contributed by atoms with Crippen molar-refractivity contribution in [2.45, 2.75) is 6.18 Å². The highest BCUT2D eigenvalue weighted by molar-refractivity contribution is 5.82. The van der Waals surface area contributed by atoms with E-state index in [1.54, 1.807) is 23.5 Å². The molecule has 19 heavy (non-hydrogen) atoms. The molecule has 0 aliphatic rings. The summed E-state index contributed by atoms with van der Waals surface area (Å²) in [6.07, 6.45) is -3.64. The molecule has 1 amide bonds. The highest BCUT2D eigenvalue weighted by Crippen LogP contribution is 2.15. The molecule has 0 aliphatic heterocycles. The molecule has 1 N–H and O–H groups in total. The number of carbonyl (C=O) groups is 1. The Kier molecular flexibility index (Phi) is 3.42. The summed E-state index contributed by atoms with van der Waals surface area (Å²) in [6, 6.07) is 5.04. The summed E-state index contributed by atoms with van der Waals surface area (Å²) in [4.78, 5) is 14.5. The molecule has 0 radical (unpaired) electrons. The Labute approximate surface area is 105 Å². The van der Waals surface area contributed by atoms with Crippen LogP contribution in [0.15, 0.2) is 29.0 Å². The lowest BCUT2D eigenvalue weighted by Crippen LogP contribution is -2.36. The third-order valence-electron chi connectivity index (χ3n) is 2.18. The van der Waals surface area contributed by atoms with Gasteiger partial charge in [0.2, 0.25) is 0 Å². The Morgan fingerprint density at radius 3 is 2.95 bits per heavy atom. The van der Waals surface area contributed by atoms with E-state index < -0.39 is 18.6 Å². The van der Waals surface area contributed by atoms with Crippen LogP contribution in [-0.2, 0) is 4.79 Å². The fraction of sp³-hybridized carbons (Fsp3) is 0.167. The molecule has 98 valence electrons. The second-order valence-electron chi connectivity index (χ2n) is 3.49. The largest absolute Gasteiger partial charge is 0.471 e. The number of hydrogen-bond acceptors (Lipinski definition) is 3. The minimum absolute atomic E-state index is 0.396. The van der Waals surface area contributed by atoms with Crippen molar-refractivity contribution in [3.8, 4) is 11.8 Å². The lowest BCUT2D eigenvalue weighted by molar-refractivity contribution is -0.173. The number of oxazole rings is 1. The molecule has 1 aromatic carbocycles. The quantitative estimate of drug-likeness (QED) is 0.803. The standard InChI is InChI=1S/C12H7F3N2O2/c13-12(14,15)11(18)16-6-2-4-8-3-1-5-9-10(8)17-7-19-9/h1,3,5,7H,6H2,(H,16,18). The molecule has 1 aromatic heterocycles.